The van der Waals surface area contributed by atoms with Crippen molar-refractivity contribution in [2.45, 2.75) is 6.61 Å². The lowest BCUT2D eigenvalue weighted by atomic mass is 10.4. The normalized spacial score (nSPS) is 9.62. The van der Waals surface area contributed by atoms with Gasteiger partial charge in [-0.25, -0.2) is 0 Å². The molecule has 0 amide bonds. The summed E-state index contributed by atoms with van der Waals surface area (Å²) in [4.78, 5) is 0. The Bertz CT molecular complexity index is 174. The lowest BCUT2D eigenvalue weighted by Gasteiger charge is -1.85. The average molecular weight is 130 g/mol. The zero-order chi connectivity index (χ0) is 5.98. The first-order chi connectivity index (χ1) is 3.84. The van der Waals surface area contributed by atoms with Crippen LogP contribution in [0.5, 0.6) is 0 Å². The van der Waals surface area contributed by atoms with Crippen LogP contribution in [-0.2, 0) is 6.61 Å². The predicted octanol–water partition coefficient (Wildman–Crippen LogP) is 0.218. The van der Waals surface area contributed by atoms with Crippen LogP contribution in [-0.4, -0.2) is 9.48 Å². The molecular weight excluding hydrogens is 124 g/mol. The smallest absolute Gasteiger partial charge is 0.112 e. The molecule has 0 aliphatic carbocycles. The largest absolute Gasteiger partial charge is 0.392 e. The van der Waals surface area contributed by atoms with Crippen LogP contribution in [0.25, 0.3) is 0 Å². The van der Waals surface area contributed by atoms with Crippen LogP contribution in [0.2, 0.25) is 0 Å². The monoisotopic (exact) mass is 130 g/mol. The number of aliphatic hydroxyl groups is 1. The highest BCUT2D eigenvalue weighted by Gasteiger charge is 1.96. The summed E-state index contributed by atoms with van der Waals surface area (Å²) in [5.41, 5.74) is 6.06. The van der Waals surface area contributed by atoms with Crippen molar-refractivity contribution in [2.75, 3.05) is 5.73 Å². The number of hydrogen-bond donors (Lipinski definition) is 2. The summed E-state index contributed by atoms with van der Waals surface area (Å²) in [5.74, 6) is 0. The van der Waals surface area contributed by atoms with Crippen LogP contribution in [0.3, 0.4) is 0 Å². The van der Waals surface area contributed by atoms with Gasteiger partial charge in [-0.15, -0.1) is 0 Å². The van der Waals surface area contributed by atoms with Gasteiger partial charge in [0.1, 0.15) is 5.00 Å². The maximum Gasteiger partial charge on any atom is 0.112 e. The van der Waals surface area contributed by atoms with Gasteiger partial charge in [0.05, 0.1) is 6.61 Å². The number of hydrogen-bond acceptors (Lipinski definition) is 4. The summed E-state index contributed by atoms with van der Waals surface area (Å²) < 4.78 is 3.75. The van der Waals surface area contributed by atoms with Crippen molar-refractivity contribution in [3.63, 3.8) is 0 Å². The molecule has 0 aliphatic heterocycles. The fraction of sp³-hybridized carbons (Fsp3) is 0.250. The van der Waals surface area contributed by atoms with Crippen molar-refractivity contribution < 1.29 is 5.11 Å². The Morgan fingerprint density at radius 3 is 2.88 bits per heavy atom. The molecule has 0 aromatic carbocycles. The van der Waals surface area contributed by atoms with Crippen molar-refractivity contribution in [2.24, 2.45) is 0 Å². The highest BCUT2D eigenvalue weighted by atomic mass is 32.1. The summed E-state index contributed by atoms with van der Waals surface area (Å²) in [6.45, 7) is -0.0116. The fourth-order valence-corrected chi connectivity index (χ4v) is 0.916. The van der Waals surface area contributed by atoms with E-state index in [1.54, 1.807) is 6.20 Å². The summed E-state index contributed by atoms with van der Waals surface area (Å²) in [6.07, 6.45) is 1.57. The first-order valence-electron chi connectivity index (χ1n) is 2.14. The molecule has 0 saturated carbocycles. The molecule has 44 valence electrons. The van der Waals surface area contributed by atoms with Crippen molar-refractivity contribution in [3.8, 4) is 0 Å². The Hall–Kier alpha value is -0.610. The number of aromatic nitrogens is 1. The van der Waals surface area contributed by atoms with Gasteiger partial charge in [0.25, 0.3) is 0 Å². The Balaban J connectivity index is 2.92. The lowest BCUT2D eigenvalue weighted by Crippen LogP contribution is -1.85. The van der Waals surface area contributed by atoms with E-state index in [9.17, 15) is 0 Å². The molecule has 8 heavy (non-hydrogen) atoms. The third-order valence-corrected chi connectivity index (χ3v) is 1.52. The van der Waals surface area contributed by atoms with E-state index in [0.29, 0.717) is 5.00 Å². The number of nitrogens with zero attached hydrogens (tertiary/aromatic N) is 1. The van der Waals surface area contributed by atoms with E-state index in [-0.39, 0.29) is 6.61 Å². The van der Waals surface area contributed by atoms with E-state index < -0.39 is 0 Å². The maximum absolute atomic E-state index is 8.49. The molecule has 0 spiro atoms. The molecule has 4 heteroatoms. The summed E-state index contributed by atoms with van der Waals surface area (Å²) in [5, 5.41) is 9.10. The van der Waals surface area contributed by atoms with Crippen molar-refractivity contribution in [3.05, 3.63) is 11.8 Å². The average Bonchev–Trinajstić information content (AvgIpc) is 2.14. The number of nitrogen functional groups attached to an aromatic ring is 1. The van der Waals surface area contributed by atoms with Crippen LogP contribution in [0.4, 0.5) is 5.00 Å². The van der Waals surface area contributed by atoms with Crippen molar-refractivity contribution in [1.82, 2.24) is 4.37 Å². The second kappa shape index (κ2) is 2.11. The molecule has 0 bridgehead atoms. The molecule has 3 nitrogen and oxygen atoms in total. The van der Waals surface area contributed by atoms with Gasteiger partial charge in [-0.2, -0.15) is 4.37 Å². The molecule has 1 rings (SSSR count). The van der Waals surface area contributed by atoms with Crippen molar-refractivity contribution >= 4 is 16.5 Å². The van der Waals surface area contributed by atoms with E-state index >= 15 is 0 Å². The molecule has 1 aromatic rings. The highest BCUT2D eigenvalue weighted by Crippen LogP contribution is 2.14. The number of aliphatic hydroxyl groups excluding tert-OH is 1. The second-order valence-electron chi connectivity index (χ2n) is 1.37. The molecular formula is C4H6N2OS. The summed E-state index contributed by atoms with van der Waals surface area (Å²) >= 11 is 1.20. The number of anilines is 1. The Morgan fingerprint density at radius 2 is 2.62 bits per heavy atom. The zero-order valence-corrected chi connectivity index (χ0v) is 4.98. The minimum atomic E-state index is -0.0116. The molecule has 0 unspecified atom stereocenters. The molecule has 0 saturated heterocycles. The fourth-order valence-electron chi connectivity index (χ4n) is 0.388. The first kappa shape index (κ1) is 5.53. The van der Waals surface area contributed by atoms with Crippen LogP contribution in [0.1, 0.15) is 5.56 Å². The van der Waals surface area contributed by atoms with Gasteiger partial charge < -0.3 is 10.8 Å². The second-order valence-corrected chi connectivity index (χ2v) is 2.21. The number of rotatable bonds is 1. The zero-order valence-electron chi connectivity index (χ0n) is 4.16. The SMILES string of the molecule is Nc1sncc1CO. The maximum atomic E-state index is 8.49. The molecule has 0 atom stereocenters. The molecule has 1 aromatic heterocycles. The third kappa shape index (κ3) is 0.801. The molecule has 3 N–H and O–H groups in total. The van der Waals surface area contributed by atoms with E-state index in [0.717, 1.165) is 5.56 Å². The minimum absolute atomic E-state index is 0.0116. The van der Waals surface area contributed by atoms with Gasteiger partial charge in [-0.3, -0.25) is 0 Å². The quantitative estimate of drug-likeness (QED) is 0.571. The first-order valence-corrected chi connectivity index (χ1v) is 2.92. The standard InChI is InChI=1S/C4H6N2OS/c5-4-3(2-7)1-6-8-4/h1,7H,2,5H2. The van der Waals surface area contributed by atoms with Crippen LogP contribution < -0.4 is 5.73 Å². The third-order valence-electron chi connectivity index (χ3n) is 0.846. The summed E-state index contributed by atoms with van der Waals surface area (Å²) in [6, 6.07) is 0. The van der Waals surface area contributed by atoms with E-state index in [1.165, 1.54) is 11.5 Å². The molecule has 1 heterocycles. The highest BCUT2D eigenvalue weighted by molar-refractivity contribution is 7.10. The minimum Gasteiger partial charge on any atom is -0.392 e. The lowest BCUT2D eigenvalue weighted by molar-refractivity contribution is 0.283. The molecule has 0 radical (unpaired) electrons. The van der Waals surface area contributed by atoms with Crippen LogP contribution in [0.15, 0.2) is 6.20 Å². The van der Waals surface area contributed by atoms with Gasteiger partial charge in [0, 0.05) is 11.8 Å². The Labute approximate surface area is 50.9 Å². The Morgan fingerprint density at radius 1 is 1.88 bits per heavy atom. The number of nitrogens with two attached hydrogens (primary N) is 1. The van der Waals surface area contributed by atoms with Gasteiger partial charge >= 0.3 is 0 Å². The van der Waals surface area contributed by atoms with E-state index in [2.05, 4.69) is 4.37 Å². The van der Waals surface area contributed by atoms with Gasteiger partial charge in [-0.05, 0) is 11.5 Å². The van der Waals surface area contributed by atoms with Crippen LogP contribution in [0, 0.1) is 0 Å². The molecule has 0 fully saturated rings. The Kier molecular flexibility index (Phi) is 1.45. The summed E-state index contributed by atoms with van der Waals surface area (Å²) in [7, 11) is 0. The van der Waals surface area contributed by atoms with Crippen LogP contribution >= 0.6 is 11.5 Å². The van der Waals surface area contributed by atoms with E-state index in [1.807, 2.05) is 0 Å². The molecule has 0 aliphatic rings. The van der Waals surface area contributed by atoms with Crippen molar-refractivity contribution in [1.29, 1.82) is 0 Å². The van der Waals surface area contributed by atoms with Gasteiger partial charge in [0.2, 0.25) is 0 Å². The predicted molar refractivity (Wildman–Crippen MR) is 32.4 cm³/mol. The van der Waals surface area contributed by atoms with Gasteiger partial charge in [-0.1, -0.05) is 0 Å². The van der Waals surface area contributed by atoms with Gasteiger partial charge in [0.15, 0.2) is 0 Å². The van der Waals surface area contributed by atoms with E-state index in [4.69, 9.17) is 10.8 Å². The topological polar surface area (TPSA) is 59.1 Å².